The molecule has 0 aliphatic heterocycles. The first kappa shape index (κ1) is 38.5. The van der Waals surface area contributed by atoms with Gasteiger partial charge in [0.2, 0.25) is 0 Å². The van der Waals surface area contributed by atoms with E-state index in [0.29, 0.717) is 5.82 Å². The molecule has 0 unspecified atom stereocenters. The number of rotatable bonds is 7. The Kier molecular flexibility index (Phi) is 9.14. The molecule has 0 spiro atoms. The molecule has 0 bridgehead atoms. The van der Waals surface area contributed by atoms with E-state index in [1.807, 2.05) is 12.4 Å². The molecule has 10 aromatic carbocycles. The lowest BCUT2D eigenvalue weighted by Crippen LogP contribution is -1.97. The lowest BCUT2D eigenvalue weighted by Gasteiger charge is -2.18. The largest absolute Gasteiger partial charge is 0.309 e. The van der Waals surface area contributed by atoms with E-state index in [2.05, 4.69) is 240 Å². The van der Waals surface area contributed by atoms with Crippen LogP contribution in [-0.2, 0) is 0 Å². The number of benzene rings is 10. The van der Waals surface area contributed by atoms with Crippen molar-refractivity contribution >= 4 is 54.1 Å². The van der Waals surface area contributed by atoms with Crippen molar-refractivity contribution < 1.29 is 0 Å². The van der Waals surface area contributed by atoms with E-state index in [-0.39, 0.29) is 0 Å². The third kappa shape index (κ3) is 6.65. The molecule has 0 amide bonds. The van der Waals surface area contributed by atoms with Gasteiger partial charge in [-0.1, -0.05) is 182 Å². The highest BCUT2D eigenvalue weighted by Gasteiger charge is 2.19. The quantitative estimate of drug-likeness (QED) is 0.150. The Hall–Kier alpha value is -8.99. The average Bonchev–Trinajstić information content (AvgIpc) is 3.74. The van der Waals surface area contributed by atoms with Gasteiger partial charge in [-0.05, 0) is 114 Å². The second kappa shape index (κ2) is 15.9. The minimum Gasteiger partial charge on any atom is -0.309 e. The second-order valence-corrected chi connectivity index (χ2v) is 17.2. The van der Waals surface area contributed by atoms with E-state index in [0.717, 1.165) is 66.9 Å². The van der Waals surface area contributed by atoms with E-state index in [1.54, 1.807) is 0 Å². The molecule has 13 aromatic rings. The van der Waals surface area contributed by atoms with Crippen LogP contribution in [0.15, 0.2) is 243 Å². The van der Waals surface area contributed by atoms with Crippen molar-refractivity contribution in [3.05, 3.63) is 243 Å². The Bertz CT molecular complexity index is 3970. The highest BCUT2D eigenvalue weighted by molar-refractivity contribution is 6.21. The molecule has 0 aliphatic carbocycles. The summed E-state index contributed by atoms with van der Waals surface area (Å²) in [6.07, 6.45) is 3.85. The number of hydrogen-bond acceptors (Lipinski definition) is 3. The predicted octanol–water partition coefficient (Wildman–Crippen LogP) is 16.4. The molecule has 0 N–H and O–H groups in total. The summed E-state index contributed by atoms with van der Waals surface area (Å²) in [5.41, 5.74) is 15.2. The lowest BCUT2D eigenvalue weighted by molar-refractivity contribution is 1.17. The van der Waals surface area contributed by atoms with Crippen LogP contribution in [0.25, 0.3) is 127 Å². The van der Waals surface area contributed by atoms with Crippen molar-refractivity contribution in [1.82, 2.24) is 19.5 Å². The summed E-state index contributed by atoms with van der Waals surface area (Å²) >= 11 is 0. The molecule has 0 aliphatic rings. The number of hydrogen-bond donors (Lipinski definition) is 0. The van der Waals surface area contributed by atoms with Gasteiger partial charge in [0.15, 0.2) is 5.82 Å². The van der Waals surface area contributed by atoms with Crippen molar-refractivity contribution in [2.75, 3.05) is 0 Å². The first-order valence-corrected chi connectivity index (χ1v) is 22.7. The van der Waals surface area contributed by atoms with Crippen LogP contribution in [0.2, 0.25) is 0 Å². The number of nitrogens with zero attached hydrogens (tertiary/aromatic N) is 4. The molecule has 4 heteroatoms. The molecule has 0 fully saturated rings. The van der Waals surface area contributed by atoms with E-state index in [1.165, 1.54) is 54.4 Å². The van der Waals surface area contributed by atoms with Gasteiger partial charge in [-0.3, -0.25) is 4.98 Å². The summed E-state index contributed by atoms with van der Waals surface area (Å²) in [5, 5.41) is 9.54. The van der Waals surface area contributed by atoms with Crippen LogP contribution >= 0.6 is 0 Å². The summed E-state index contributed by atoms with van der Waals surface area (Å²) in [4.78, 5) is 15.2. The number of aromatic nitrogens is 4. The molecule has 13 rings (SSSR count). The molecular formula is C63H40N4. The van der Waals surface area contributed by atoms with Crippen molar-refractivity contribution in [1.29, 1.82) is 0 Å². The zero-order valence-corrected chi connectivity index (χ0v) is 36.4. The van der Waals surface area contributed by atoms with E-state index in [9.17, 15) is 0 Å². The van der Waals surface area contributed by atoms with Crippen molar-refractivity contribution in [3.8, 4) is 73.0 Å². The maximum Gasteiger partial charge on any atom is 0.160 e. The highest BCUT2D eigenvalue weighted by Crippen LogP contribution is 2.44. The third-order valence-corrected chi connectivity index (χ3v) is 13.3. The van der Waals surface area contributed by atoms with Gasteiger partial charge in [-0.25, -0.2) is 9.97 Å². The molecule has 0 saturated heterocycles. The van der Waals surface area contributed by atoms with Crippen LogP contribution in [0.4, 0.5) is 0 Å². The smallest absolute Gasteiger partial charge is 0.160 e. The summed E-state index contributed by atoms with van der Waals surface area (Å²) in [5.74, 6) is 0.676. The van der Waals surface area contributed by atoms with Crippen LogP contribution in [-0.4, -0.2) is 19.5 Å². The molecule has 67 heavy (non-hydrogen) atoms. The second-order valence-electron chi connectivity index (χ2n) is 17.2. The standard InChI is InChI=1S/C63H40N4/c1-3-15-44(16-4-1)61-51-22-9-11-24-53(51)62(54-25-12-10-23-52(54)61)48-18-13-19-49(37-48)63-65-57(39-58(66-63)47-31-28-41-14-7-8-17-45(41)36-47)43-29-26-42(27-30-43)46-32-33-59-55(38-46)56-40-64-35-34-60(56)67(59)50-20-5-2-6-21-50/h1-40H. The highest BCUT2D eigenvalue weighted by atomic mass is 15.0. The maximum atomic E-state index is 5.36. The van der Waals surface area contributed by atoms with Crippen LogP contribution in [0.1, 0.15) is 0 Å². The Labute approximate surface area is 387 Å². The molecule has 0 atom stereocenters. The summed E-state index contributed by atoms with van der Waals surface area (Å²) in [7, 11) is 0. The fourth-order valence-corrected chi connectivity index (χ4v) is 10.1. The zero-order valence-electron chi connectivity index (χ0n) is 36.4. The molecule has 4 nitrogen and oxygen atoms in total. The number of fused-ring (bicyclic) bond motifs is 6. The maximum absolute atomic E-state index is 5.36. The van der Waals surface area contributed by atoms with Gasteiger partial charge >= 0.3 is 0 Å². The summed E-state index contributed by atoms with van der Waals surface area (Å²) < 4.78 is 2.32. The summed E-state index contributed by atoms with van der Waals surface area (Å²) in [6, 6.07) is 82.5. The van der Waals surface area contributed by atoms with Gasteiger partial charge < -0.3 is 4.57 Å². The molecule has 0 radical (unpaired) electrons. The van der Waals surface area contributed by atoms with Gasteiger partial charge in [0.25, 0.3) is 0 Å². The first-order valence-electron chi connectivity index (χ1n) is 22.7. The van der Waals surface area contributed by atoms with Crippen molar-refractivity contribution in [2.45, 2.75) is 0 Å². The Morgan fingerprint density at radius 1 is 0.299 bits per heavy atom. The minimum absolute atomic E-state index is 0.676. The fourth-order valence-electron chi connectivity index (χ4n) is 10.1. The molecule has 3 heterocycles. The Morgan fingerprint density at radius 2 is 0.851 bits per heavy atom. The van der Waals surface area contributed by atoms with E-state index < -0.39 is 0 Å². The van der Waals surface area contributed by atoms with Crippen LogP contribution < -0.4 is 0 Å². The summed E-state index contributed by atoms with van der Waals surface area (Å²) in [6.45, 7) is 0. The van der Waals surface area contributed by atoms with Gasteiger partial charge in [-0.15, -0.1) is 0 Å². The number of pyridine rings is 1. The minimum atomic E-state index is 0.676. The van der Waals surface area contributed by atoms with Crippen LogP contribution in [0, 0.1) is 0 Å². The van der Waals surface area contributed by atoms with Crippen LogP contribution in [0.5, 0.6) is 0 Å². The molecule has 0 saturated carbocycles. The molecular weight excluding hydrogens is 813 g/mol. The third-order valence-electron chi connectivity index (χ3n) is 13.3. The first-order chi connectivity index (χ1) is 33.2. The van der Waals surface area contributed by atoms with Crippen LogP contribution in [0.3, 0.4) is 0 Å². The Morgan fingerprint density at radius 3 is 1.58 bits per heavy atom. The topological polar surface area (TPSA) is 43.6 Å². The fraction of sp³-hybridized carbons (Fsp3) is 0. The predicted molar refractivity (Wildman–Crippen MR) is 279 cm³/mol. The van der Waals surface area contributed by atoms with E-state index in [4.69, 9.17) is 9.97 Å². The van der Waals surface area contributed by atoms with Gasteiger partial charge in [-0.2, -0.15) is 0 Å². The monoisotopic (exact) mass is 852 g/mol. The normalized spacial score (nSPS) is 11.6. The molecule has 312 valence electrons. The lowest BCUT2D eigenvalue weighted by atomic mass is 9.85. The van der Waals surface area contributed by atoms with Crippen molar-refractivity contribution in [3.63, 3.8) is 0 Å². The zero-order chi connectivity index (χ0) is 44.3. The molecule has 3 aromatic heterocycles. The van der Waals surface area contributed by atoms with Gasteiger partial charge in [0, 0.05) is 45.5 Å². The average molecular weight is 853 g/mol. The van der Waals surface area contributed by atoms with Gasteiger partial charge in [0.1, 0.15) is 0 Å². The van der Waals surface area contributed by atoms with Crippen molar-refractivity contribution in [2.24, 2.45) is 0 Å². The van der Waals surface area contributed by atoms with Gasteiger partial charge in [0.05, 0.1) is 22.4 Å². The SMILES string of the molecule is c1ccc(-c2c3ccccc3c(-c3cccc(-c4nc(-c5ccc(-c6ccc7c(c6)c6cnccc6n7-c6ccccc6)cc5)cc(-c5ccc6ccccc6c5)n4)c3)c3ccccc23)cc1. The van der Waals surface area contributed by atoms with E-state index >= 15 is 0 Å². The number of para-hydroxylation sites is 1. The Balaban J connectivity index is 0.940.